The molecular formula is C10H11ClN4. The standard InChI is InChI=1S/C10H11ClN4/c1-6-4-7(2)15(14-6)10-5-9(11)12-8(3)13-10/h4-5H,1-3H3. The van der Waals surface area contributed by atoms with E-state index in [-0.39, 0.29) is 0 Å². The molecule has 4 nitrogen and oxygen atoms in total. The second-order valence-electron chi connectivity index (χ2n) is 3.43. The van der Waals surface area contributed by atoms with E-state index in [9.17, 15) is 0 Å². The van der Waals surface area contributed by atoms with Crippen molar-refractivity contribution in [3.05, 3.63) is 34.5 Å². The fraction of sp³-hybridized carbons (Fsp3) is 0.300. The summed E-state index contributed by atoms with van der Waals surface area (Å²) in [5.41, 5.74) is 1.99. The molecule has 15 heavy (non-hydrogen) atoms. The molecule has 0 spiro atoms. The molecular weight excluding hydrogens is 212 g/mol. The lowest BCUT2D eigenvalue weighted by atomic mass is 10.4. The van der Waals surface area contributed by atoms with Crippen LogP contribution in [-0.4, -0.2) is 19.7 Å². The molecule has 0 saturated heterocycles. The van der Waals surface area contributed by atoms with Gasteiger partial charge in [0.2, 0.25) is 0 Å². The molecule has 0 N–H and O–H groups in total. The summed E-state index contributed by atoms with van der Waals surface area (Å²) in [6.45, 7) is 5.73. The van der Waals surface area contributed by atoms with E-state index in [4.69, 9.17) is 11.6 Å². The predicted octanol–water partition coefficient (Wildman–Crippen LogP) is 2.24. The first-order valence-corrected chi connectivity index (χ1v) is 4.99. The van der Waals surface area contributed by atoms with E-state index in [2.05, 4.69) is 15.1 Å². The van der Waals surface area contributed by atoms with Gasteiger partial charge in [0.1, 0.15) is 11.0 Å². The van der Waals surface area contributed by atoms with E-state index in [0.717, 1.165) is 11.4 Å². The average molecular weight is 223 g/mol. The molecule has 0 unspecified atom stereocenters. The van der Waals surface area contributed by atoms with Gasteiger partial charge in [0.15, 0.2) is 5.82 Å². The zero-order valence-electron chi connectivity index (χ0n) is 8.82. The van der Waals surface area contributed by atoms with Crippen LogP contribution >= 0.6 is 11.6 Å². The molecule has 0 amide bonds. The lowest BCUT2D eigenvalue weighted by molar-refractivity contribution is 0.793. The Morgan fingerprint density at radius 3 is 2.40 bits per heavy atom. The normalized spacial score (nSPS) is 10.7. The molecule has 0 saturated carbocycles. The van der Waals surface area contributed by atoms with E-state index in [0.29, 0.717) is 16.8 Å². The number of aromatic nitrogens is 4. The third kappa shape index (κ3) is 1.99. The predicted molar refractivity (Wildman–Crippen MR) is 58.4 cm³/mol. The van der Waals surface area contributed by atoms with E-state index in [1.54, 1.807) is 17.7 Å². The van der Waals surface area contributed by atoms with Crippen molar-refractivity contribution < 1.29 is 0 Å². The summed E-state index contributed by atoms with van der Waals surface area (Å²) < 4.78 is 1.76. The van der Waals surface area contributed by atoms with Gasteiger partial charge in [-0.3, -0.25) is 0 Å². The van der Waals surface area contributed by atoms with Crippen molar-refractivity contribution in [1.82, 2.24) is 19.7 Å². The maximum atomic E-state index is 5.87. The van der Waals surface area contributed by atoms with Gasteiger partial charge in [0.05, 0.1) is 5.69 Å². The van der Waals surface area contributed by atoms with Gasteiger partial charge >= 0.3 is 0 Å². The van der Waals surface area contributed by atoms with Crippen LogP contribution in [0.15, 0.2) is 12.1 Å². The van der Waals surface area contributed by atoms with Gasteiger partial charge in [-0.2, -0.15) is 5.10 Å². The molecule has 0 fully saturated rings. The highest BCUT2D eigenvalue weighted by Crippen LogP contribution is 2.13. The first-order valence-electron chi connectivity index (χ1n) is 4.61. The fourth-order valence-electron chi connectivity index (χ4n) is 1.49. The molecule has 2 aromatic heterocycles. The summed E-state index contributed by atoms with van der Waals surface area (Å²) in [6.07, 6.45) is 0. The van der Waals surface area contributed by atoms with E-state index < -0.39 is 0 Å². The van der Waals surface area contributed by atoms with Crippen LogP contribution in [0.2, 0.25) is 5.15 Å². The van der Waals surface area contributed by atoms with E-state index >= 15 is 0 Å². The maximum Gasteiger partial charge on any atom is 0.158 e. The molecule has 78 valence electrons. The Morgan fingerprint density at radius 1 is 1.13 bits per heavy atom. The van der Waals surface area contributed by atoms with Gasteiger partial charge in [0.25, 0.3) is 0 Å². The lowest BCUT2D eigenvalue weighted by Gasteiger charge is -2.04. The van der Waals surface area contributed by atoms with Gasteiger partial charge < -0.3 is 0 Å². The van der Waals surface area contributed by atoms with Crippen LogP contribution < -0.4 is 0 Å². The molecule has 2 aromatic rings. The summed E-state index contributed by atoms with van der Waals surface area (Å²) in [4.78, 5) is 8.29. The molecule has 0 bridgehead atoms. The Morgan fingerprint density at radius 2 is 1.87 bits per heavy atom. The highest BCUT2D eigenvalue weighted by molar-refractivity contribution is 6.29. The zero-order chi connectivity index (χ0) is 11.0. The molecule has 2 heterocycles. The highest BCUT2D eigenvalue weighted by atomic mass is 35.5. The topological polar surface area (TPSA) is 43.6 Å². The largest absolute Gasteiger partial charge is 0.221 e. The zero-order valence-corrected chi connectivity index (χ0v) is 9.58. The number of rotatable bonds is 1. The third-order valence-electron chi connectivity index (χ3n) is 2.02. The summed E-state index contributed by atoms with van der Waals surface area (Å²) in [5.74, 6) is 1.35. The first kappa shape index (κ1) is 10.1. The molecule has 0 aliphatic rings. The summed E-state index contributed by atoms with van der Waals surface area (Å²) in [5, 5.41) is 4.77. The van der Waals surface area contributed by atoms with Crippen LogP contribution in [0.25, 0.3) is 5.82 Å². The van der Waals surface area contributed by atoms with Gasteiger partial charge in [-0.1, -0.05) is 11.6 Å². The molecule has 0 aromatic carbocycles. The molecule has 0 radical (unpaired) electrons. The van der Waals surface area contributed by atoms with Crippen molar-refractivity contribution in [3.8, 4) is 5.82 Å². The fourth-order valence-corrected chi connectivity index (χ4v) is 1.71. The number of hydrogen-bond acceptors (Lipinski definition) is 3. The smallest absolute Gasteiger partial charge is 0.158 e. The van der Waals surface area contributed by atoms with Crippen molar-refractivity contribution >= 4 is 11.6 Å². The minimum absolute atomic E-state index is 0.435. The van der Waals surface area contributed by atoms with Crippen molar-refractivity contribution in [2.45, 2.75) is 20.8 Å². The summed E-state index contributed by atoms with van der Waals surface area (Å²) in [6, 6.07) is 3.69. The minimum Gasteiger partial charge on any atom is -0.221 e. The quantitative estimate of drug-likeness (QED) is 0.695. The monoisotopic (exact) mass is 222 g/mol. The Balaban J connectivity index is 2.58. The van der Waals surface area contributed by atoms with Crippen molar-refractivity contribution in [1.29, 1.82) is 0 Å². The van der Waals surface area contributed by atoms with Crippen molar-refractivity contribution in [2.75, 3.05) is 0 Å². The van der Waals surface area contributed by atoms with Crippen molar-refractivity contribution in [3.63, 3.8) is 0 Å². The van der Waals surface area contributed by atoms with Gasteiger partial charge in [-0.25, -0.2) is 14.6 Å². The first-order chi connectivity index (χ1) is 7.06. The van der Waals surface area contributed by atoms with Crippen LogP contribution in [0.5, 0.6) is 0 Å². The Bertz CT molecular complexity index is 484. The average Bonchev–Trinajstić information content (AvgIpc) is 2.43. The lowest BCUT2D eigenvalue weighted by Crippen LogP contribution is -2.04. The molecule has 5 heteroatoms. The van der Waals surface area contributed by atoms with Crippen LogP contribution in [-0.2, 0) is 0 Å². The highest BCUT2D eigenvalue weighted by Gasteiger charge is 2.06. The van der Waals surface area contributed by atoms with Crippen LogP contribution in [0.4, 0.5) is 0 Å². The van der Waals surface area contributed by atoms with Gasteiger partial charge in [-0.05, 0) is 26.8 Å². The SMILES string of the molecule is Cc1cc(C)n(-c2cc(Cl)nc(C)n2)n1. The van der Waals surface area contributed by atoms with Gasteiger partial charge in [-0.15, -0.1) is 0 Å². The van der Waals surface area contributed by atoms with E-state index in [1.807, 2.05) is 19.9 Å². The van der Waals surface area contributed by atoms with Crippen LogP contribution in [0.1, 0.15) is 17.2 Å². The maximum absolute atomic E-state index is 5.87. The Hall–Kier alpha value is -1.42. The van der Waals surface area contributed by atoms with E-state index in [1.165, 1.54) is 0 Å². The molecule has 0 atom stereocenters. The minimum atomic E-state index is 0.435. The van der Waals surface area contributed by atoms with Crippen LogP contribution in [0, 0.1) is 20.8 Å². The summed E-state index contributed by atoms with van der Waals surface area (Å²) >= 11 is 5.87. The summed E-state index contributed by atoms with van der Waals surface area (Å²) in [7, 11) is 0. The number of nitrogens with zero attached hydrogens (tertiary/aromatic N) is 4. The number of aryl methyl sites for hydroxylation is 3. The number of halogens is 1. The van der Waals surface area contributed by atoms with Crippen molar-refractivity contribution in [2.24, 2.45) is 0 Å². The molecule has 0 aliphatic carbocycles. The second kappa shape index (κ2) is 3.62. The van der Waals surface area contributed by atoms with Crippen LogP contribution in [0.3, 0.4) is 0 Å². The van der Waals surface area contributed by atoms with Gasteiger partial charge in [0, 0.05) is 11.8 Å². The Labute approximate surface area is 92.9 Å². The second-order valence-corrected chi connectivity index (χ2v) is 3.82. The molecule has 2 rings (SSSR count). The number of hydrogen-bond donors (Lipinski definition) is 0. The third-order valence-corrected chi connectivity index (χ3v) is 2.21. The molecule has 0 aliphatic heterocycles. The Kier molecular flexibility index (Phi) is 2.44.